The van der Waals surface area contributed by atoms with Crippen LogP contribution in [0.1, 0.15) is 30.5 Å². The van der Waals surface area contributed by atoms with Gasteiger partial charge >= 0.3 is 0 Å². The van der Waals surface area contributed by atoms with Crippen molar-refractivity contribution in [1.29, 1.82) is 0 Å². The summed E-state index contributed by atoms with van der Waals surface area (Å²) in [5, 5.41) is 2.96. The molecule has 1 atom stereocenters. The van der Waals surface area contributed by atoms with E-state index < -0.39 is 6.04 Å². The van der Waals surface area contributed by atoms with Crippen molar-refractivity contribution in [2.75, 3.05) is 7.11 Å². The number of nitrogens with one attached hydrogen (secondary N) is 1. The summed E-state index contributed by atoms with van der Waals surface area (Å²) in [7, 11) is 1.59. The minimum atomic E-state index is -0.722. The third-order valence-corrected chi connectivity index (χ3v) is 5.48. The first-order valence-corrected chi connectivity index (χ1v) is 11.4. The standard InChI is InChI=1S/C28H31FN2O3/c1-20(2)30-28(33)26(17-21-7-5-4-6-8-21)31(19-23-9-13-24(29)14-10-23)27(32)18-22-11-15-25(34-3)16-12-22/h4-16,20,26H,17-19H2,1-3H3,(H,30,33). The van der Waals surface area contributed by atoms with E-state index in [9.17, 15) is 14.0 Å². The van der Waals surface area contributed by atoms with Crippen molar-refractivity contribution in [3.05, 3.63) is 101 Å². The summed E-state index contributed by atoms with van der Waals surface area (Å²) in [5.74, 6) is -0.0470. The quantitative estimate of drug-likeness (QED) is 0.481. The van der Waals surface area contributed by atoms with Crippen LogP contribution < -0.4 is 10.1 Å². The van der Waals surface area contributed by atoms with Gasteiger partial charge in [-0.1, -0.05) is 54.6 Å². The van der Waals surface area contributed by atoms with Gasteiger partial charge in [-0.05, 0) is 54.8 Å². The van der Waals surface area contributed by atoms with Crippen molar-refractivity contribution >= 4 is 11.8 Å². The monoisotopic (exact) mass is 462 g/mol. The summed E-state index contributed by atoms with van der Waals surface area (Å²) in [5.41, 5.74) is 2.52. The van der Waals surface area contributed by atoms with Crippen LogP contribution in [-0.2, 0) is 29.0 Å². The van der Waals surface area contributed by atoms with Gasteiger partial charge in [-0.15, -0.1) is 0 Å². The van der Waals surface area contributed by atoms with Gasteiger partial charge in [0, 0.05) is 19.0 Å². The lowest BCUT2D eigenvalue weighted by atomic mass is 10.0. The lowest BCUT2D eigenvalue weighted by molar-refractivity contribution is -0.141. The van der Waals surface area contributed by atoms with Gasteiger partial charge < -0.3 is 15.0 Å². The van der Waals surface area contributed by atoms with Crippen LogP contribution in [0, 0.1) is 5.82 Å². The van der Waals surface area contributed by atoms with Crippen LogP contribution >= 0.6 is 0 Å². The number of ether oxygens (including phenoxy) is 1. The second kappa shape index (κ2) is 12.0. The van der Waals surface area contributed by atoms with E-state index in [2.05, 4.69) is 5.32 Å². The third kappa shape index (κ3) is 7.17. The molecule has 6 heteroatoms. The number of nitrogens with zero attached hydrogens (tertiary/aromatic N) is 1. The molecule has 0 aliphatic rings. The van der Waals surface area contributed by atoms with Crippen molar-refractivity contribution < 1.29 is 18.7 Å². The van der Waals surface area contributed by atoms with Crippen molar-refractivity contribution in [2.24, 2.45) is 0 Å². The SMILES string of the molecule is COc1ccc(CC(=O)N(Cc2ccc(F)cc2)C(Cc2ccccc2)C(=O)NC(C)C)cc1. The fourth-order valence-corrected chi connectivity index (χ4v) is 3.74. The molecule has 5 nitrogen and oxygen atoms in total. The van der Waals surface area contributed by atoms with Crippen LogP contribution in [0.4, 0.5) is 4.39 Å². The molecule has 3 rings (SSSR count). The van der Waals surface area contributed by atoms with Gasteiger partial charge in [0.25, 0.3) is 0 Å². The van der Waals surface area contributed by atoms with E-state index >= 15 is 0 Å². The summed E-state index contributed by atoms with van der Waals surface area (Å²) < 4.78 is 18.7. The predicted molar refractivity (Wildman–Crippen MR) is 131 cm³/mol. The number of halogens is 1. The zero-order valence-corrected chi connectivity index (χ0v) is 19.8. The number of amides is 2. The second-order valence-electron chi connectivity index (χ2n) is 8.54. The molecule has 0 spiro atoms. The summed E-state index contributed by atoms with van der Waals surface area (Å²) in [6.45, 7) is 3.97. The van der Waals surface area contributed by atoms with Gasteiger partial charge in [-0.3, -0.25) is 9.59 Å². The molecule has 0 aliphatic heterocycles. The maximum Gasteiger partial charge on any atom is 0.243 e. The first-order valence-electron chi connectivity index (χ1n) is 11.4. The van der Waals surface area contributed by atoms with Gasteiger partial charge in [0.05, 0.1) is 13.5 Å². The number of hydrogen-bond acceptors (Lipinski definition) is 3. The number of carbonyl (C=O) groups is 2. The molecule has 0 heterocycles. The lowest BCUT2D eigenvalue weighted by Crippen LogP contribution is -2.52. The maximum absolute atomic E-state index is 13.6. The first kappa shape index (κ1) is 25.0. The van der Waals surface area contributed by atoms with E-state index in [1.807, 2.05) is 56.3 Å². The second-order valence-corrected chi connectivity index (χ2v) is 8.54. The Labute approximate surface area is 200 Å². The average molecular weight is 463 g/mol. The van der Waals surface area contributed by atoms with Gasteiger partial charge in [0.1, 0.15) is 17.6 Å². The molecule has 0 aliphatic carbocycles. The summed E-state index contributed by atoms with van der Waals surface area (Å²) >= 11 is 0. The Bertz CT molecular complexity index is 1070. The van der Waals surface area contributed by atoms with Crippen molar-refractivity contribution in [3.63, 3.8) is 0 Å². The van der Waals surface area contributed by atoms with Crippen LogP contribution in [0.2, 0.25) is 0 Å². The molecule has 2 amide bonds. The highest BCUT2D eigenvalue weighted by atomic mass is 19.1. The Balaban J connectivity index is 1.94. The number of hydrogen-bond donors (Lipinski definition) is 1. The molecule has 178 valence electrons. The summed E-state index contributed by atoms with van der Waals surface area (Å²) in [6, 6.07) is 22.1. The molecule has 1 unspecified atom stereocenters. The topological polar surface area (TPSA) is 58.6 Å². The van der Waals surface area contributed by atoms with E-state index in [-0.39, 0.29) is 36.6 Å². The largest absolute Gasteiger partial charge is 0.497 e. The minimum Gasteiger partial charge on any atom is -0.497 e. The van der Waals surface area contributed by atoms with E-state index in [1.54, 1.807) is 36.3 Å². The zero-order valence-electron chi connectivity index (χ0n) is 19.8. The predicted octanol–water partition coefficient (Wildman–Crippen LogP) is 4.54. The molecule has 3 aromatic rings. The molecular formula is C28H31FN2O3. The average Bonchev–Trinajstić information content (AvgIpc) is 2.83. The molecule has 1 N–H and O–H groups in total. The number of methoxy groups -OCH3 is 1. The highest BCUT2D eigenvalue weighted by Crippen LogP contribution is 2.18. The molecule has 0 radical (unpaired) electrons. The number of rotatable bonds is 10. The van der Waals surface area contributed by atoms with Gasteiger partial charge in [0.2, 0.25) is 11.8 Å². The Morgan fingerprint density at radius 2 is 1.50 bits per heavy atom. The highest BCUT2D eigenvalue weighted by Gasteiger charge is 2.30. The minimum absolute atomic E-state index is 0.0739. The molecule has 0 bridgehead atoms. The lowest BCUT2D eigenvalue weighted by Gasteiger charge is -2.32. The van der Waals surface area contributed by atoms with Crippen LogP contribution in [0.3, 0.4) is 0 Å². The zero-order chi connectivity index (χ0) is 24.5. The van der Waals surface area contributed by atoms with Crippen molar-refractivity contribution in [2.45, 2.75) is 45.3 Å². The fourth-order valence-electron chi connectivity index (χ4n) is 3.74. The van der Waals surface area contributed by atoms with E-state index in [4.69, 9.17) is 4.74 Å². The van der Waals surface area contributed by atoms with Gasteiger partial charge in [0.15, 0.2) is 0 Å². The van der Waals surface area contributed by atoms with Crippen LogP contribution in [0.5, 0.6) is 5.75 Å². The van der Waals surface area contributed by atoms with Crippen LogP contribution in [-0.4, -0.2) is 35.9 Å². The highest BCUT2D eigenvalue weighted by molar-refractivity contribution is 5.89. The summed E-state index contributed by atoms with van der Waals surface area (Å²) in [6.07, 6.45) is 0.500. The Kier molecular flexibility index (Phi) is 8.79. The van der Waals surface area contributed by atoms with Crippen LogP contribution in [0.25, 0.3) is 0 Å². The Hall–Kier alpha value is -3.67. The Morgan fingerprint density at radius 1 is 0.882 bits per heavy atom. The fraction of sp³-hybridized carbons (Fsp3) is 0.286. The smallest absolute Gasteiger partial charge is 0.243 e. The van der Waals surface area contributed by atoms with E-state index in [0.717, 1.165) is 16.7 Å². The normalized spacial score (nSPS) is 11.7. The molecule has 3 aromatic carbocycles. The molecule has 0 saturated carbocycles. The first-order chi connectivity index (χ1) is 16.4. The van der Waals surface area contributed by atoms with Crippen LogP contribution in [0.15, 0.2) is 78.9 Å². The Morgan fingerprint density at radius 3 is 2.09 bits per heavy atom. The number of benzene rings is 3. The molecule has 0 aromatic heterocycles. The third-order valence-electron chi connectivity index (χ3n) is 5.48. The van der Waals surface area contributed by atoms with Gasteiger partial charge in [-0.25, -0.2) is 4.39 Å². The van der Waals surface area contributed by atoms with E-state index in [0.29, 0.717) is 12.2 Å². The van der Waals surface area contributed by atoms with E-state index in [1.165, 1.54) is 12.1 Å². The van der Waals surface area contributed by atoms with Crippen molar-refractivity contribution in [1.82, 2.24) is 10.2 Å². The summed E-state index contributed by atoms with van der Waals surface area (Å²) in [4.78, 5) is 28.5. The number of carbonyl (C=O) groups excluding carboxylic acids is 2. The molecular weight excluding hydrogens is 431 g/mol. The molecule has 34 heavy (non-hydrogen) atoms. The molecule has 0 fully saturated rings. The van der Waals surface area contributed by atoms with Gasteiger partial charge in [-0.2, -0.15) is 0 Å². The van der Waals surface area contributed by atoms with Crippen molar-refractivity contribution in [3.8, 4) is 5.75 Å². The maximum atomic E-state index is 13.6. The molecule has 0 saturated heterocycles.